The molecule has 0 saturated heterocycles. The third-order valence-electron chi connectivity index (χ3n) is 3.26. The van der Waals surface area contributed by atoms with E-state index in [1.54, 1.807) is 25.3 Å². The summed E-state index contributed by atoms with van der Waals surface area (Å²) < 4.78 is 13.9. The maximum Gasteiger partial charge on any atom is 0.131 e. The summed E-state index contributed by atoms with van der Waals surface area (Å²) in [5, 5.41) is 13.8. The minimum Gasteiger partial charge on any atom is -0.497 e. The van der Waals surface area contributed by atoms with Gasteiger partial charge in [0, 0.05) is 18.2 Å². The summed E-state index contributed by atoms with van der Waals surface area (Å²) in [4.78, 5) is 0. The van der Waals surface area contributed by atoms with Crippen molar-refractivity contribution in [3.05, 3.63) is 39.6 Å². The van der Waals surface area contributed by atoms with E-state index in [1.165, 1.54) is 0 Å². The van der Waals surface area contributed by atoms with Crippen LogP contribution in [0.5, 0.6) is 11.5 Å². The summed E-state index contributed by atoms with van der Waals surface area (Å²) in [5.74, 6) is 1.31. The molecule has 0 spiro atoms. The highest BCUT2D eigenvalue weighted by Gasteiger charge is 2.14. The zero-order valence-electron chi connectivity index (χ0n) is 12.4. The van der Waals surface area contributed by atoms with Gasteiger partial charge in [0.1, 0.15) is 18.1 Å². The van der Waals surface area contributed by atoms with Gasteiger partial charge in [-0.15, -0.1) is 0 Å². The van der Waals surface area contributed by atoms with Crippen LogP contribution in [0.4, 0.5) is 0 Å². The van der Waals surface area contributed by atoms with Gasteiger partial charge in [0.15, 0.2) is 0 Å². The van der Waals surface area contributed by atoms with Crippen LogP contribution < -0.4 is 9.47 Å². The molecule has 1 aromatic carbocycles. The average Bonchev–Trinajstić information content (AvgIpc) is 2.79. The second kappa shape index (κ2) is 6.95. The number of benzene rings is 1. The van der Waals surface area contributed by atoms with Crippen LogP contribution in [-0.4, -0.2) is 22.0 Å². The Morgan fingerprint density at radius 3 is 2.76 bits per heavy atom. The van der Waals surface area contributed by atoms with Gasteiger partial charge in [0.2, 0.25) is 0 Å². The van der Waals surface area contributed by atoms with Gasteiger partial charge in [0.25, 0.3) is 0 Å². The van der Waals surface area contributed by atoms with E-state index in [-0.39, 0.29) is 6.61 Å². The summed E-state index contributed by atoms with van der Waals surface area (Å²) >= 11 is 3.54. The molecular weight excluding hydrogens is 336 g/mol. The summed E-state index contributed by atoms with van der Waals surface area (Å²) in [6.45, 7) is 5.05. The molecule has 0 aliphatic heterocycles. The average molecular weight is 355 g/mol. The summed E-state index contributed by atoms with van der Waals surface area (Å²) in [7, 11) is 1.60. The number of hydrogen-bond donors (Lipinski definition) is 1. The molecule has 21 heavy (non-hydrogen) atoms. The van der Waals surface area contributed by atoms with Crippen LogP contribution in [0.25, 0.3) is 0 Å². The Bertz CT molecular complexity index is 626. The van der Waals surface area contributed by atoms with E-state index in [4.69, 9.17) is 9.47 Å². The fourth-order valence-corrected chi connectivity index (χ4v) is 2.48. The van der Waals surface area contributed by atoms with Crippen molar-refractivity contribution in [2.45, 2.75) is 33.6 Å². The third kappa shape index (κ3) is 3.39. The zero-order chi connectivity index (χ0) is 15.4. The van der Waals surface area contributed by atoms with Crippen molar-refractivity contribution < 1.29 is 14.6 Å². The highest BCUT2D eigenvalue weighted by atomic mass is 79.9. The molecule has 0 aliphatic carbocycles. The first kappa shape index (κ1) is 15.9. The molecule has 0 saturated carbocycles. The number of aliphatic hydroxyl groups is 1. The van der Waals surface area contributed by atoms with Gasteiger partial charge >= 0.3 is 0 Å². The van der Waals surface area contributed by atoms with Crippen molar-refractivity contribution in [2.75, 3.05) is 7.11 Å². The number of rotatable bonds is 6. The van der Waals surface area contributed by atoms with Crippen LogP contribution in [0.2, 0.25) is 0 Å². The molecule has 0 atom stereocenters. The summed E-state index contributed by atoms with van der Waals surface area (Å²) in [6.07, 6.45) is 0. The minimum atomic E-state index is -0.0768. The third-order valence-corrected chi connectivity index (χ3v) is 4.29. The van der Waals surface area contributed by atoms with Crippen LogP contribution in [0.1, 0.15) is 23.9 Å². The van der Waals surface area contributed by atoms with Crippen molar-refractivity contribution >= 4 is 15.9 Å². The number of aromatic nitrogens is 2. The standard InChI is InChI=1S/C15H19BrN2O3/c1-4-18-13(15(16)10(2)17-18)9-21-14-7-12(20-3)6-5-11(14)8-19/h5-7,19H,4,8-9H2,1-3H3. The van der Waals surface area contributed by atoms with Crippen LogP contribution in [-0.2, 0) is 19.8 Å². The Kier molecular flexibility index (Phi) is 5.25. The fourth-order valence-electron chi connectivity index (χ4n) is 2.08. The normalized spacial score (nSPS) is 10.7. The second-order valence-electron chi connectivity index (χ2n) is 4.58. The molecule has 1 aromatic heterocycles. The number of ether oxygens (including phenoxy) is 2. The van der Waals surface area contributed by atoms with Gasteiger partial charge in [-0.1, -0.05) is 0 Å². The van der Waals surface area contributed by atoms with Gasteiger partial charge in [0.05, 0.1) is 29.6 Å². The Balaban J connectivity index is 2.23. The first-order valence-electron chi connectivity index (χ1n) is 6.73. The van der Waals surface area contributed by atoms with E-state index >= 15 is 0 Å². The molecule has 6 heteroatoms. The van der Waals surface area contributed by atoms with Gasteiger partial charge in [-0.3, -0.25) is 4.68 Å². The predicted molar refractivity (Wildman–Crippen MR) is 83.6 cm³/mol. The number of hydrogen-bond acceptors (Lipinski definition) is 4. The molecule has 1 N–H and O–H groups in total. The summed E-state index contributed by atoms with van der Waals surface area (Å²) in [5.41, 5.74) is 2.64. The Hall–Kier alpha value is -1.53. The molecule has 0 unspecified atom stereocenters. The van der Waals surface area contributed by atoms with Crippen LogP contribution in [0, 0.1) is 6.92 Å². The number of nitrogens with zero attached hydrogens (tertiary/aromatic N) is 2. The first-order valence-corrected chi connectivity index (χ1v) is 7.52. The molecule has 2 rings (SSSR count). The lowest BCUT2D eigenvalue weighted by atomic mass is 10.2. The smallest absolute Gasteiger partial charge is 0.131 e. The lowest BCUT2D eigenvalue weighted by molar-refractivity contribution is 0.253. The molecule has 5 nitrogen and oxygen atoms in total. The van der Waals surface area contributed by atoms with Gasteiger partial charge < -0.3 is 14.6 Å². The van der Waals surface area contributed by atoms with E-state index in [1.807, 2.05) is 18.5 Å². The largest absolute Gasteiger partial charge is 0.497 e. The first-order chi connectivity index (χ1) is 10.1. The molecule has 0 fully saturated rings. The van der Waals surface area contributed by atoms with Crippen molar-refractivity contribution in [1.82, 2.24) is 9.78 Å². The van der Waals surface area contributed by atoms with Gasteiger partial charge in [-0.05, 0) is 41.9 Å². The van der Waals surface area contributed by atoms with Crippen molar-refractivity contribution in [3.8, 4) is 11.5 Å². The SMILES string of the molecule is CCn1nc(C)c(Br)c1COc1cc(OC)ccc1CO. The number of aliphatic hydroxyl groups excluding tert-OH is 1. The predicted octanol–water partition coefficient (Wildman–Crippen LogP) is 3.05. The molecule has 0 aliphatic rings. The lowest BCUT2D eigenvalue weighted by Gasteiger charge is -2.12. The Morgan fingerprint density at radius 2 is 2.14 bits per heavy atom. The monoisotopic (exact) mass is 354 g/mol. The summed E-state index contributed by atoms with van der Waals surface area (Å²) in [6, 6.07) is 5.37. The van der Waals surface area contributed by atoms with Crippen molar-refractivity contribution in [2.24, 2.45) is 0 Å². The zero-order valence-corrected chi connectivity index (χ0v) is 14.0. The number of methoxy groups -OCH3 is 1. The van der Waals surface area contributed by atoms with E-state index < -0.39 is 0 Å². The van der Waals surface area contributed by atoms with E-state index in [9.17, 15) is 5.11 Å². The van der Waals surface area contributed by atoms with Crippen molar-refractivity contribution in [3.63, 3.8) is 0 Å². The van der Waals surface area contributed by atoms with Crippen LogP contribution in [0.3, 0.4) is 0 Å². The van der Waals surface area contributed by atoms with Crippen molar-refractivity contribution in [1.29, 1.82) is 0 Å². The Morgan fingerprint density at radius 1 is 1.38 bits per heavy atom. The molecular formula is C15H19BrN2O3. The number of aryl methyl sites for hydroxylation is 2. The van der Waals surface area contributed by atoms with Gasteiger partial charge in [-0.2, -0.15) is 5.10 Å². The van der Waals surface area contributed by atoms with E-state index in [0.717, 1.165) is 28.0 Å². The lowest BCUT2D eigenvalue weighted by Crippen LogP contribution is -2.07. The van der Waals surface area contributed by atoms with Crippen LogP contribution in [0.15, 0.2) is 22.7 Å². The van der Waals surface area contributed by atoms with E-state index in [0.29, 0.717) is 18.1 Å². The number of halogens is 1. The highest BCUT2D eigenvalue weighted by Crippen LogP contribution is 2.27. The molecule has 114 valence electrons. The highest BCUT2D eigenvalue weighted by molar-refractivity contribution is 9.10. The second-order valence-corrected chi connectivity index (χ2v) is 5.38. The van der Waals surface area contributed by atoms with E-state index in [2.05, 4.69) is 21.0 Å². The molecule has 0 bridgehead atoms. The van der Waals surface area contributed by atoms with Crippen LogP contribution >= 0.6 is 15.9 Å². The quantitative estimate of drug-likeness (QED) is 0.865. The topological polar surface area (TPSA) is 56.5 Å². The fraction of sp³-hybridized carbons (Fsp3) is 0.400. The maximum atomic E-state index is 9.39. The maximum absolute atomic E-state index is 9.39. The molecule has 0 radical (unpaired) electrons. The molecule has 0 amide bonds. The molecule has 1 heterocycles. The Labute approximate surface area is 132 Å². The minimum absolute atomic E-state index is 0.0768. The molecule has 2 aromatic rings. The van der Waals surface area contributed by atoms with Gasteiger partial charge in [-0.25, -0.2) is 0 Å².